The van der Waals surface area contributed by atoms with Gasteiger partial charge in [-0.15, -0.1) is 0 Å². The fourth-order valence-electron chi connectivity index (χ4n) is 3.45. The lowest BCUT2D eigenvalue weighted by Crippen LogP contribution is -2.42. The lowest BCUT2D eigenvalue weighted by molar-refractivity contribution is 0.241. The van der Waals surface area contributed by atoms with E-state index in [1.807, 2.05) is 4.90 Å². The van der Waals surface area contributed by atoms with Crippen molar-refractivity contribution in [2.45, 2.75) is 32.2 Å². The summed E-state index contributed by atoms with van der Waals surface area (Å²) in [6, 6.07) is 17.2. The van der Waals surface area contributed by atoms with Gasteiger partial charge in [0.1, 0.15) is 0 Å². The second-order valence-electron chi connectivity index (χ2n) is 5.99. The second-order valence-corrected chi connectivity index (χ2v) is 5.99. The monoisotopic (exact) mass is 293 g/mol. The van der Waals surface area contributed by atoms with E-state index in [9.17, 15) is 0 Å². The molecule has 1 saturated heterocycles. The Bertz CT molecular complexity index is 678. The highest BCUT2D eigenvalue weighted by atomic mass is 15.3. The Balaban J connectivity index is 2.08. The molecule has 0 spiro atoms. The molecule has 114 valence electrons. The first kappa shape index (κ1) is 14.6. The third-order valence-electron chi connectivity index (χ3n) is 4.57. The first-order valence-corrected chi connectivity index (χ1v) is 7.94. The molecule has 0 saturated carbocycles. The number of hydrogen-bond acceptors (Lipinski definition) is 1. The van der Waals surface area contributed by atoms with E-state index in [4.69, 9.17) is 11.1 Å². The van der Waals surface area contributed by atoms with Crippen molar-refractivity contribution >= 4 is 5.96 Å². The molecule has 3 nitrogen and oxygen atoms in total. The molecule has 1 fully saturated rings. The van der Waals surface area contributed by atoms with Gasteiger partial charge < -0.3 is 10.6 Å². The first-order valence-electron chi connectivity index (χ1n) is 7.94. The van der Waals surface area contributed by atoms with Crippen LogP contribution in [0, 0.1) is 12.3 Å². The molecular formula is C19H23N3. The van der Waals surface area contributed by atoms with Gasteiger partial charge in [0.05, 0.1) is 6.04 Å². The van der Waals surface area contributed by atoms with Crippen LogP contribution in [0.4, 0.5) is 0 Å². The van der Waals surface area contributed by atoms with Gasteiger partial charge in [-0.25, -0.2) is 0 Å². The summed E-state index contributed by atoms with van der Waals surface area (Å²) >= 11 is 0. The molecule has 0 aliphatic carbocycles. The second kappa shape index (κ2) is 6.22. The van der Waals surface area contributed by atoms with Crippen LogP contribution >= 0.6 is 0 Å². The quantitative estimate of drug-likeness (QED) is 0.647. The van der Waals surface area contributed by atoms with Crippen molar-refractivity contribution < 1.29 is 0 Å². The molecule has 0 radical (unpaired) electrons. The molecule has 3 rings (SSSR count). The minimum atomic E-state index is 0.185. The smallest absolute Gasteiger partial charge is 0.188 e. The van der Waals surface area contributed by atoms with E-state index in [1.54, 1.807) is 0 Å². The normalized spacial score (nSPS) is 18.2. The number of aryl methyl sites for hydroxylation is 1. The molecule has 22 heavy (non-hydrogen) atoms. The predicted molar refractivity (Wildman–Crippen MR) is 91.8 cm³/mol. The van der Waals surface area contributed by atoms with Gasteiger partial charge in [0, 0.05) is 6.54 Å². The van der Waals surface area contributed by atoms with Crippen molar-refractivity contribution in [1.82, 2.24) is 4.90 Å². The standard InChI is InChI=1S/C19H23N3/c1-14-8-2-3-9-15(14)16-10-4-5-11-17(16)18-12-6-7-13-22(18)19(20)21/h2-5,8-11,18H,6-7,12-13H2,1H3,(H3,20,21). The Labute approximate surface area is 132 Å². The van der Waals surface area contributed by atoms with Gasteiger partial charge >= 0.3 is 0 Å². The van der Waals surface area contributed by atoms with E-state index in [1.165, 1.54) is 28.7 Å². The Kier molecular flexibility index (Phi) is 4.14. The van der Waals surface area contributed by atoms with Crippen molar-refractivity contribution in [2.75, 3.05) is 6.54 Å². The molecular weight excluding hydrogens is 270 g/mol. The van der Waals surface area contributed by atoms with Crippen molar-refractivity contribution in [3.63, 3.8) is 0 Å². The Morgan fingerprint density at radius 1 is 1.05 bits per heavy atom. The predicted octanol–water partition coefficient (Wildman–Crippen LogP) is 4.08. The van der Waals surface area contributed by atoms with E-state index in [-0.39, 0.29) is 12.0 Å². The highest BCUT2D eigenvalue weighted by molar-refractivity contribution is 5.77. The number of nitrogens with two attached hydrogens (primary N) is 1. The topological polar surface area (TPSA) is 53.1 Å². The largest absolute Gasteiger partial charge is 0.370 e. The molecule has 0 bridgehead atoms. The summed E-state index contributed by atoms with van der Waals surface area (Å²) in [5, 5.41) is 7.89. The number of nitrogens with zero attached hydrogens (tertiary/aromatic N) is 1. The van der Waals surface area contributed by atoms with Gasteiger partial charge in [0.15, 0.2) is 5.96 Å². The zero-order valence-corrected chi connectivity index (χ0v) is 13.0. The average Bonchev–Trinajstić information content (AvgIpc) is 2.55. The Hall–Kier alpha value is -2.29. The van der Waals surface area contributed by atoms with Crippen LogP contribution in [0.25, 0.3) is 11.1 Å². The van der Waals surface area contributed by atoms with Gasteiger partial charge in [-0.05, 0) is 48.4 Å². The van der Waals surface area contributed by atoms with Crippen LogP contribution < -0.4 is 5.73 Å². The van der Waals surface area contributed by atoms with Crippen LogP contribution in [0.1, 0.15) is 36.4 Å². The number of hydrogen-bond donors (Lipinski definition) is 2. The first-order chi connectivity index (χ1) is 10.7. The molecule has 1 heterocycles. The van der Waals surface area contributed by atoms with Gasteiger partial charge in [0.25, 0.3) is 0 Å². The summed E-state index contributed by atoms with van der Waals surface area (Å²) in [6.07, 6.45) is 3.36. The minimum absolute atomic E-state index is 0.185. The Morgan fingerprint density at radius 2 is 1.73 bits per heavy atom. The van der Waals surface area contributed by atoms with Gasteiger partial charge in [-0.1, -0.05) is 48.5 Å². The zero-order valence-electron chi connectivity index (χ0n) is 13.0. The van der Waals surface area contributed by atoms with Gasteiger partial charge in [-0.2, -0.15) is 0 Å². The van der Waals surface area contributed by atoms with Crippen LogP contribution in [-0.2, 0) is 0 Å². The highest BCUT2D eigenvalue weighted by Gasteiger charge is 2.27. The maximum Gasteiger partial charge on any atom is 0.188 e. The van der Waals surface area contributed by atoms with Crippen molar-refractivity contribution in [2.24, 2.45) is 5.73 Å². The van der Waals surface area contributed by atoms with Crippen LogP contribution in [0.15, 0.2) is 48.5 Å². The summed E-state index contributed by atoms with van der Waals surface area (Å²) in [5.41, 5.74) is 10.9. The van der Waals surface area contributed by atoms with Crippen molar-refractivity contribution in [3.8, 4) is 11.1 Å². The third kappa shape index (κ3) is 2.71. The molecule has 2 aromatic carbocycles. The molecule has 0 aromatic heterocycles. The third-order valence-corrected chi connectivity index (χ3v) is 4.57. The molecule has 3 heteroatoms. The van der Waals surface area contributed by atoms with Gasteiger partial charge in [-0.3, -0.25) is 5.41 Å². The number of piperidine rings is 1. The molecule has 1 unspecified atom stereocenters. The van der Waals surface area contributed by atoms with Gasteiger partial charge in [0.2, 0.25) is 0 Å². The SMILES string of the molecule is Cc1ccccc1-c1ccccc1C1CCCCN1C(=N)N. The van der Waals surface area contributed by atoms with E-state index in [0.29, 0.717) is 0 Å². The van der Waals surface area contributed by atoms with Crippen LogP contribution in [-0.4, -0.2) is 17.4 Å². The van der Waals surface area contributed by atoms with E-state index in [2.05, 4.69) is 55.5 Å². The highest BCUT2D eigenvalue weighted by Crippen LogP contribution is 2.37. The Morgan fingerprint density at radius 3 is 2.45 bits per heavy atom. The summed E-state index contributed by atoms with van der Waals surface area (Å²) in [5.74, 6) is 0.185. The fourth-order valence-corrected chi connectivity index (χ4v) is 3.45. The maximum atomic E-state index is 7.89. The number of nitrogens with one attached hydrogen (secondary N) is 1. The van der Waals surface area contributed by atoms with E-state index in [0.717, 1.165) is 19.4 Å². The van der Waals surface area contributed by atoms with Crippen LogP contribution in [0.5, 0.6) is 0 Å². The lowest BCUT2D eigenvalue weighted by atomic mass is 9.88. The summed E-state index contributed by atoms with van der Waals surface area (Å²) in [6.45, 7) is 3.03. The lowest BCUT2D eigenvalue weighted by Gasteiger charge is -2.37. The van der Waals surface area contributed by atoms with E-state index < -0.39 is 0 Å². The number of rotatable bonds is 2. The molecule has 1 aliphatic heterocycles. The average molecular weight is 293 g/mol. The van der Waals surface area contributed by atoms with Crippen LogP contribution in [0.3, 0.4) is 0 Å². The number of likely N-dealkylation sites (tertiary alicyclic amines) is 1. The summed E-state index contributed by atoms with van der Waals surface area (Å²) < 4.78 is 0. The molecule has 3 N–H and O–H groups in total. The summed E-state index contributed by atoms with van der Waals surface area (Å²) in [7, 11) is 0. The molecule has 0 amide bonds. The molecule has 1 aliphatic rings. The zero-order chi connectivity index (χ0) is 15.5. The van der Waals surface area contributed by atoms with Crippen LogP contribution in [0.2, 0.25) is 0 Å². The van der Waals surface area contributed by atoms with E-state index >= 15 is 0 Å². The molecule has 1 atom stereocenters. The number of benzene rings is 2. The fraction of sp³-hybridized carbons (Fsp3) is 0.316. The molecule has 2 aromatic rings. The maximum absolute atomic E-state index is 7.89. The number of guanidine groups is 1. The summed E-state index contributed by atoms with van der Waals surface area (Å²) in [4.78, 5) is 2.04. The van der Waals surface area contributed by atoms with Crippen molar-refractivity contribution in [1.29, 1.82) is 5.41 Å². The van der Waals surface area contributed by atoms with Crippen molar-refractivity contribution in [3.05, 3.63) is 59.7 Å². The minimum Gasteiger partial charge on any atom is -0.370 e.